The molecule has 1 N–H and O–H groups in total. The number of nitrogens with zero attached hydrogens (tertiary/aromatic N) is 2. The minimum atomic E-state index is -0.0541. The minimum absolute atomic E-state index is 0.0541. The molecule has 0 saturated carbocycles. The quantitative estimate of drug-likeness (QED) is 0.663. The van der Waals surface area contributed by atoms with Crippen LogP contribution in [0.4, 0.5) is 5.69 Å². The number of fused-ring (bicyclic) bond motifs is 1. The van der Waals surface area contributed by atoms with E-state index in [2.05, 4.69) is 15.3 Å². The van der Waals surface area contributed by atoms with Gasteiger partial charge in [0.05, 0.1) is 0 Å². The topological polar surface area (TPSA) is 73.3 Å². The van der Waals surface area contributed by atoms with Crippen LogP contribution < -0.4 is 14.8 Å². The SMILES string of the molecule is CSc1nc(C)c(CCC(=O)Nc2ccc3c(c2)OCO3)c(C)n1. The van der Waals surface area contributed by atoms with Gasteiger partial charge in [-0.15, -0.1) is 0 Å². The Kier molecular flexibility index (Phi) is 4.89. The Morgan fingerprint density at radius 3 is 2.62 bits per heavy atom. The van der Waals surface area contributed by atoms with Gasteiger partial charge in [0.15, 0.2) is 16.7 Å². The number of benzene rings is 1. The van der Waals surface area contributed by atoms with E-state index in [-0.39, 0.29) is 12.7 Å². The Labute approximate surface area is 145 Å². The summed E-state index contributed by atoms with van der Waals surface area (Å²) in [4.78, 5) is 21.1. The molecule has 0 unspecified atom stereocenters. The molecular formula is C17H19N3O3S. The van der Waals surface area contributed by atoms with Crippen LogP contribution in [0.1, 0.15) is 23.4 Å². The van der Waals surface area contributed by atoms with Crippen LogP contribution in [0.5, 0.6) is 11.5 Å². The van der Waals surface area contributed by atoms with E-state index in [0.29, 0.717) is 30.0 Å². The van der Waals surface area contributed by atoms with Crippen molar-refractivity contribution >= 4 is 23.4 Å². The molecule has 2 heterocycles. The molecule has 1 amide bonds. The first-order valence-corrected chi connectivity index (χ1v) is 8.87. The van der Waals surface area contributed by atoms with Crippen molar-refractivity contribution < 1.29 is 14.3 Å². The third-order valence-electron chi connectivity index (χ3n) is 3.84. The van der Waals surface area contributed by atoms with Crippen LogP contribution in [0.15, 0.2) is 23.4 Å². The Balaban J connectivity index is 1.62. The number of anilines is 1. The maximum atomic E-state index is 12.2. The minimum Gasteiger partial charge on any atom is -0.454 e. The number of rotatable bonds is 5. The van der Waals surface area contributed by atoms with E-state index in [0.717, 1.165) is 22.1 Å². The first-order chi connectivity index (χ1) is 11.6. The van der Waals surface area contributed by atoms with Crippen LogP contribution in [0.25, 0.3) is 0 Å². The number of nitrogens with one attached hydrogen (secondary N) is 1. The van der Waals surface area contributed by atoms with Gasteiger partial charge in [-0.1, -0.05) is 11.8 Å². The van der Waals surface area contributed by atoms with Crippen LogP contribution in [0.3, 0.4) is 0 Å². The van der Waals surface area contributed by atoms with Crippen molar-refractivity contribution in [2.24, 2.45) is 0 Å². The number of amides is 1. The Hall–Kier alpha value is -2.28. The summed E-state index contributed by atoms with van der Waals surface area (Å²) in [6.07, 6.45) is 2.94. The number of hydrogen-bond acceptors (Lipinski definition) is 6. The molecule has 0 radical (unpaired) electrons. The van der Waals surface area contributed by atoms with Crippen LogP contribution >= 0.6 is 11.8 Å². The maximum absolute atomic E-state index is 12.2. The number of carbonyl (C=O) groups is 1. The van der Waals surface area contributed by atoms with E-state index in [9.17, 15) is 4.79 Å². The average molecular weight is 345 g/mol. The summed E-state index contributed by atoms with van der Waals surface area (Å²) < 4.78 is 10.6. The van der Waals surface area contributed by atoms with Gasteiger partial charge in [-0.25, -0.2) is 9.97 Å². The van der Waals surface area contributed by atoms with Crippen LogP contribution in [0, 0.1) is 13.8 Å². The highest BCUT2D eigenvalue weighted by Crippen LogP contribution is 2.34. The van der Waals surface area contributed by atoms with Gasteiger partial charge in [-0.2, -0.15) is 0 Å². The number of aryl methyl sites for hydroxylation is 2. The predicted molar refractivity (Wildman–Crippen MR) is 92.8 cm³/mol. The molecule has 6 nitrogen and oxygen atoms in total. The van der Waals surface area contributed by atoms with Gasteiger partial charge in [0.25, 0.3) is 0 Å². The highest BCUT2D eigenvalue weighted by Gasteiger charge is 2.15. The summed E-state index contributed by atoms with van der Waals surface area (Å²) in [6, 6.07) is 5.37. The number of aromatic nitrogens is 2. The second-order valence-corrected chi connectivity index (χ2v) is 6.25. The third kappa shape index (κ3) is 3.62. The Bertz CT molecular complexity index is 757. The van der Waals surface area contributed by atoms with E-state index in [1.807, 2.05) is 20.1 Å². The number of ether oxygens (including phenoxy) is 2. The molecule has 24 heavy (non-hydrogen) atoms. The molecule has 0 bridgehead atoms. The van der Waals surface area contributed by atoms with E-state index < -0.39 is 0 Å². The second kappa shape index (κ2) is 7.09. The van der Waals surface area contributed by atoms with Gasteiger partial charge in [0.1, 0.15) is 0 Å². The summed E-state index contributed by atoms with van der Waals surface area (Å²) in [5.41, 5.74) is 3.60. The van der Waals surface area contributed by atoms with Gasteiger partial charge in [0.2, 0.25) is 12.7 Å². The van der Waals surface area contributed by atoms with Gasteiger partial charge in [0, 0.05) is 29.6 Å². The molecule has 1 aromatic heterocycles. The molecule has 0 spiro atoms. The first kappa shape index (κ1) is 16.6. The highest BCUT2D eigenvalue weighted by atomic mass is 32.2. The summed E-state index contributed by atoms with van der Waals surface area (Å²) >= 11 is 1.52. The zero-order valence-corrected chi connectivity index (χ0v) is 14.7. The molecular weight excluding hydrogens is 326 g/mol. The lowest BCUT2D eigenvalue weighted by Gasteiger charge is -2.10. The third-order valence-corrected chi connectivity index (χ3v) is 4.39. The molecule has 0 atom stereocenters. The van der Waals surface area contributed by atoms with E-state index in [1.54, 1.807) is 18.2 Å². The maximum Gasteiger partial charge on any atom is 0.231 e. The second-order valence-electron chi connectivity index (χ2n) is 5.48. The van der Waals surface area contributed by atoms with E-state index in [1.165, 1.54) is 11.8 Å². The fraction of sp³-hybridized carbons (Fsp3) is 0.353. The van der Waals surface area contributed by atoms with Crippen molar-refractivity contribution in [2.75, 3.05) is 18.4 Å². The van der Waals surface area contributed by atoms with Gasteiger partial charge in [-0.05, 0) is 44.2 Å². The van der Waals surface area contributed by atoms with Crippen molar-refractivity contribution in [3.8, 4) is 11.5 Å². The van der Waals surface area contributed by atoms with Gasteiger partial charge < -0.3 is 14.8 Å². The van der Waals surface area contributed by atoms with E-state index in [4.69, 9.17) is 9.47 Å². The first-order valence-electron chi connectivity index (χ1n) is 7.64. The monoisotopic (exact) mass is 345 g/mol. The van der Waals surface area contributed by atoms with Crippen LogP contribution in [-0.4, -0.2) is 28.9 Å². The van der Waals surface area contributed by atoms with Gasteiger partial charge >= 0.3 is 0 Å². The highest BCUT2D eigenvalue weighted by molar-refractivity contribution is 7.98. The normalized spacial score (nSPS) is 12.3. The van der Waals surface area contributed by atoms with Crippen LogP contribution in [-0.2, 0) is 11.2 Å². The lowest BCUT2D eigenvalue weighted by molar-refractivity contribution is -0.116. The number of carbonyl (C=O) groups excluding carboxylic acids is 1. The van der Waals surface area contributed by atoms with E-state index >= 15 is 0 Å². The summed E-state index contributed by atoms with van der Waals surface area (Å²) in [5.74, 6) is 1.30. The van der Waals surface area contributed by atoms with Crippen LogP contribution in [0.2, 0.25) is 0 Å². The zero-order chi connectivity index (χ0) is 17.1. The molecule has 3 rings (SSSR count). The standard InChI is InChI=1S/C17H19N3O3S/c1-10-13(11(2)19-17(18-10)24-3)5-7-16(21)20-12-4-6-14-15(8-12)23-9-22-14/h4,6,8H,5,7,9H2,1-3H3,(H,20,21). The Morgan fingerprint density at radius 1 is 1.21 bits per heavy atom. The predicted octanol–water partition coefficient (Wildman–Crippen LogP) is 3.12. The molecule has 0 aliphatic carbocycles. The van der Waals surface area contributed by atoms with Crippen molar-refractivity contribution in [3.63, 3.8) is 0 Å². The molecule has 7 heteroatoms. The van der Waals surface area contributed by atoms with Crippen molar-refractivity contribution in [1.82, 2.24) is 9.97 Å². The smallest absolute Gasteiger partial charge is 0.231 e. The lowest BCUT2D eigenvalue weighted by atomic mass is 10.1. The fourth-order valence-corrected chi connectivity index (χ4v) is 3.05. The largest absolute Gasteiger partial charge is 0.454 e. The molecule has 1 aliphatic rings. The lowest BCUT2D eigenvalue weighted by Crippen LogP contribution is -2.13. The molecule has 126 valence electrons. The fourth-order valence-electron chi connectivity index (χ4n) is 2.60. The number of hydrogen-bond donors (Lipinski definition) is 1. The molecule has 1 aliphatic heterocycles. The zero-order valence-electron chi connectivity index (χ0n) is 13.9. The summed E-state index contributed by atoms with van der Waals surface area (Å²) in [6.45, 7) is 4.14. The molecule has 0 fully saturated rings. The molecule has 2 aromatic rings. The average Bonchev–Trinajstić information content (AvgIpc) is 3.01. The Morgan fingerprint density at radius 2 is 1.92 bits per heavy atom. The van der Waals surface area contributed by atoms with Crippen molar-refractivity contribution in [2.45, 2.75) is 31.8 Å². The molecule has 1 aromatic carbocycles. The molecule has 0 saturated heterocycles. The van der Waals surface area contributed by atoms with Crippen molar-refractivity contribution in [1.29, 1.82) is 0 Å². The summed E-state index contributed by atoms with van der Waals surface area (Å²) in [7, 11) is 0. The summed E-state index contributed by atoms with van der Waals surface area (Å²) in [5, 5.41) is 3.65. The van der Waals surface area contributed by atoms with Crippen molar-refractivity contribution in [3.05, 3.63) is 35.2 Å². The van der Waals surface area contributed by atoms with Gasteiger partial charge in [-0.3, -0.25) is 4.79 Å². The number of thioether (sulfide) groups is 1.